The van der Waals surface area contributed by atoms with Crippen LogP contribution in [0.2, 0.25) is 0 Å². The van der Waals surface area contributed by atoms with Gasteiger partial charge >= 0.3 is 0 Å². The van der Waals surface area contributed by atoms with Crippen molar-refractivity contribution >= 4 is 27.5 Å². The molecule has 0 saturated heterocycles. The maximum absolute atomic E-state index is 13.9. The zero-order chi connectivity index (χ0) is 15.0. The standard InChI is InChI=1S/C16H14BrFN2O/c17-11-5-6-14(18)13(8-11)16(21)20-9-12(19)7-10-3-1-2-4-15(10)20/h1-6,8,12H,7,9,19H2. The van der Waals surface area contributed by atoms with E-state index in [0.717, 1.165) is 17.7 Å². The Kier molecular flexibility index (Phi) is 3.78. The maximum atomic E-state index is 13.9. The third-order valence-electron chi connectivity index (χ3n) is 3.59. The van der Waals surface area contributed by atoms with Crippen LogP contribution >= 0.6 is 15.9 Å². The normalized spacial score (nSPS) is 17.5. The molecule has 0 bridgehead atoms. The van der Waals surface area contributed by atoms with E-state index in [1.54, 1.807) is 11.0 Å². The smallest absolute Gasteiger partial charge is 0.261 e. The average molecular weight is 349 g/mol. The Hall–Kier alpha value is -1.72. The number of nitrogens with two attached hydrogens (primary N) is 1. The minimum absolute atomic E-state index is 0.0493. The van der Waals surface area contributed by atoms with Gasteiger partial charge in [-0.1, -0.05) is 34.1 Å². The van der Waals surface area contributed by atoms with E-state index in [-0.39, 0.29) is 17.5 Å². The zero-order valence-corrected chi connectivity index (χ0v) is 12.8. The van der Waals surface area contributed by atoms with Crippen LogP contribution in [0.5, 0.6) is 0 Å². The number of halogens is 2. The molecule has 21 heavy (non-hydrogen) atoms. The Labute approximate surface area is 130 Å². The second kappa shape index (κ2) is 5.58. The van der Waals surface area contributed by atoms with E-state index < -0.39 is 5.82 Å². The fourth-order valence-corrected chi connectivity index (χ4v) is 2.99. The van der Waals surface area contributed by atoms with E-state index >= 15 is 0 Å². The molecule has 0 aromatic heterocycles. The van der Waals surface area contributed by atoms with Crippen molar-refractivity contribution in [3.05, 3.63) is 63.9 Å². The van der Waals surface area contributed by atoms with E-state index in [4.69, 9.17) is 5.73 Å². The lowest BCUT2D eigenvalue weighted by Crippen LogP contribution is -2.46. The Bertz CT molecular complexity index is 704. The molecular formula is C16H14BrFN2O. The summed E-state index contributed by atoms with van der Waals surface area (Å²) in [5.41, 5.74) is 7.90. The number of rotatable bonds is 1. The number of carbonyl (C=O) groups excluding carboxylic acids is 1. The molecule has 0 aliphatic carbocycles. The molecular weight excluding hydrogens is 335 g/mol. The van der Waals surface area contributed by atoms with Gasteiger partial charge in [-0.05, 0) is 36.2 Å². The topological polar surface area (TPSA) is 46.3 Å². The monoisotopic (exact) mass is 348 g/mol. The number of amides is 1. The molecule has 108 valence electrons. The van der Waals surface area contributed by atoms with Gasteiger partial charge in [-0.3, -0.25) is 4.79 Å². The summed E-state index contributed by atoms with van der Waals surface area (Å²) in [6, 6.07) is 11.8. The van der Waals surface area contributed by atoms with Crippen LogP contribution in [0, 0.1) is 5.82 Å². The first-order valence-electron chi connectivity index (χ1n) is 6.66. The highest BCUT2D eigenvalue weighted by Gasteiger charge is 2.28. The molecule has 1 atom stereocenters. The lowest BCUT2D eigenvalue weighted by Gasteiger charge is -2.33. The van der Waals surface area contributed by atoms with Crippen molar-refractivity contribution in [1.29, 1.82) is 0 Å². The number of nitrogens with zero attached hydrogens (tertiary/aromatic N) is 1. The Morgan fingerprint density at radius 2 is 2.05 bits per heavy atom. The van der Waals surface area contributed by atoms with Gasteiger partial charge in [-0.25, -0.2) is 4.39 Å². The van der Waals surface area contributed by atoms with Crippen molar-refractivity contribution in [1.82, 2.24) is 0 Å². The number of hydrogen-bond acceptors (Lipinski definition) is 2. The molecule has 1 aliphatic rings. The fourth-order valence-electron chi connectivity index (χ4n) is 2.63. The summed E-state index contributed by atoms with van der Waals surface area (Å²) >= 11 is 3.27. The predicted octanol–water partition coefficient (Wildman–Crippen LogP) is 3.12. The van der Waals surface area contributed by atoms with Gasteiger partial charge in [0.25, 0.3) is 5.91 Å². The molecule has 2 aromatic rings. The van der Waals surface area contributed by atoms with Crippen LogP contribution in [-0.4, -0.2) is 18.5 Å². The molecule has 0 spiro atoms. The lowest BCUT2D eigenvalue weighted by atomic mass is 9.97. The van der Waals surface area contributed by atoms with Crippen molar-refractivity contribution in [3.8, 4) is 0 Å². The van der Waals surface area contributed by atoms with Crippen molar-refractivity contribution < 1.29 is 9.18 Å². The molecule has 0 radical (unpaired) electrons. The van der Waals surface area contributed by atoms with Crippen LogP contribution in [0.1, 0.15) is 15.9 Å². The van der Waals surface area contributed by atoms with Crippen molar-refractivity contribution in [2.75, 3.05) is 11.4 Å². The first-order valence-corrected chi connectivity index (χ1v) is 7.46. The van der Waals surface area contributed by atoms with Crippen LogP contribution in [-0.2, 0) is 6.42 Å². The summed E-state index contributed by atoms with van der Waals surface area (Å²) in [5, 5.41) is 0. The van der Waals surface area contributed by atoms with Crippen LogP contribution in [0.15, 0.2) is 46.9 Å². The van der Waals surface area contributed by atoms with E-state index in [2.05, 4.69) is 15.9 Å². The number of para-hydroxylation sites is 1. The van der Waals surface area contributed by atoms with E-state index in [1.165, 1.54) is 12.1 Å². The molecule has 3 rings (SSSR count). The van der Waals surface area contributed by atoms with Gasteiger partial charge in [-0.15, -0.1) is 0 Å². The lowest BCUT2D eigenvalue weighted by molar-refractivity contribution is 0.0979. The minimum Gasteiger partial charge on any atom is -0.326 e. The molecule has 1 aliphatic heterocycles. The molecule has 1 amide bonds. The van der Waals surface area contributed by atoms with Gasteiger partial charge in [0.15, 0.2) is 0 Å². The number of benzene rings is 2. The van der Waals surface area contributed by atoms with Crippen molar-refractivity contribution in [2.24, 2.45) is 5.73 Å². The van der Waals surface area contributed by atoms with Crippen LogP contribution in [0.4, 0.5) is 10.1 Å². The largest absolute Gasteiger partial charge is 0.326 e. The Morgan fingerprint density at radius 1 is 1.29 bits per heavy atom. The van der Waals surface area contributed by atoms with E-state index in [1.807, 2.05) is 24.3 Å². The number of carbonyl (C=O) groups is 1. The van der Waals surface area contributed by atoms with Gasteiger partial charge in [0.05, 0.1) is 5.56 Å². The van der Waals surface area contributed by atoms with Gasteiger partial charge in [0.1, 0.15) is 5.82 Å². The van der Waals surface area contributed by atoms with Crippen molar-refractivity contribution in [2.45, 2.75) is 12.5 Å². The highest BCUT2D eigenvalue weighted by molar-refractivity contribution is 9.10. The molecule has 5 heteroatoms. The van der Waals surface area contributed by atoms with Gasteiger partial charge in [0.2, 0.25) is 0 Å². The number of fused-ring (bicyclic) bond motifs is 1. The zero-order valence-electron chi connectivity index (χ0n) is 11.2. The minimum atomic E-state index is -0.528. The van der Waals surface area contributed by atoms with Gasteiger partial charge in [0, 0.05) is 22.7 Å². The maximum Gasteiger partial charge on any atom is 0.261 e. The summed E-state index contributed by atoms with van der Waals surface area (Å²) in [4.78, 5) is 14.3. The van der Waals surface area contributed by atoms with Gasteiger partial charge < -0.3 is 10.6 Å². The molecule has 0 saturated carbocycles. The summed E-state index contributed by atoms with van der Waals surface area (Å²) in [5.74, 6) is -0.892. The fraction of sp³-hybridized carbons (Fsp3) is 0.188. The number of hydrogen-bond donors (Lipinski definition) is 1. The van der Waals surface area contributed by atoms with Crippen molar-refractivity contribution in [3.63, 3.8) is 0 Å². The predicted molar refractivity (Wildman–Crippen MR) is 83.9 cm³/mol. The molecule has 1 heterocycles. The third-order valence-corrected chi connectivity index (χ3v) is 4.08. The molecule has 2 N–H and O–H groups in total. The van der Waals surface area contributed by atoms with Gasteiger partial charge in [-0.2, -0.15) is 0 Å². The summed E-state index contributed by atoms with van der Waals surface area (Å²) < 4.78 is 14.6. The summed E-state index contributed by atoms with van der Waals surface area (Å²) in [7, 11) is 0. The highest BCUT2D eigenvalue weighted by Crippen LogP contribution is 2.28. The molecule has 2 aromatic carbocycles. The molecule has 3 nitrogen and oxygen atoms in total. The van der Waals surface area contributed by atoms with Crippen LogP contribution < -0.4 is 10.6 Å². The summed E-state index contributed by atoms with van der Waals surface area (Å²) in [6.45, 7) is 0.391. The Morgan fingerprint density at radius 3 is 2.86 bits per heavy atom. The molecule has 1 unspecified atom stereocenters. The second-order valence-electron chi connectivity index (χ2n) is 5.13. The summed E-state index contributed by atoms with van der Waals surface area (Å²) in [6.07, 6.45) is 0.723. The molecule has 0 fully saturated rings. The first-order chi connectivity index (χ1) is 10.1. The SMILES string of the molecule is NC1Cc2ccccc2N(C(=O)c2cc(Br)ccc2F)C1. The van der Waals surface area contributed by atoms with E-state index in [9.17, 15) is 9.18 Å². The first kappa shape index (κ1) is 14.2. The Balaban J connectivity index is 2.04. The highest BCUT2D eigenvalue weighted by atomic mass is 79.9. The quantitative estimate of drug-likeness (QED) is 0.860. The van der Waals surface area contributed by atoms with Crippen LogP contribution in [0.25, 0.3) is 0 Å². The third kappa shape index (κ3) is 2.71. The van der Waals surface area contributed by atoms with Crippen LogP contribution in [0.3, 0.4) is 0 Å². The average Bonchev–Trinajstić information content (AvgIpc) is 2.48. The van der Waals surface area contributed by atoms with E-state index in [0.29, 0.717) is 11.0 Å². The number of anilines is 1. The second-order valence-corrected chi connectivity index (χ2v) is 6.05.